The molecule has 0 radical (unpaired) electrons. The number of carboxylic acid groups (broad SMARTS) is 1. The number of hydrogen-bond donors (Lipinski definition) is 2. The molecule has 6 nitrogen and oxygen atoms in total. The van der Waals surface area contributed by atoms with E-state index < -0.39 is 12.0 Å². The van der Waals surface area contributed by atoms with Gasteiger partial charge in [0.05, 0.1) is 19.0 Å². The Morgan fingerprint density at radius 3 is 3.13 bits per heavy atom. The molecule has 1 atom stereocenters. The van der Waals surface area contributed by atoms with Gasteiger partial charge in [-0.3, -0.25) is 9.48 Å². The number of rotatable bonds is 6. The average molecular weight is 213 g/mol. The number of nitrogens with zero attached hydrogens (tertiary/aromatic N) is 2. The fourth-order valence-electron chi connectivity index (χ4n) is 1.10. The van der Waals surface area contributed by atoms with Crippen LogP contribution in [0.2, 0.25) is 0 Å². The maximum atomic E-state index is 10.4. The molecule has 0 spiro atoms. The van der Waals surface area contributed by atoms with Gasteiger partial charge < -0.3 is 15.6 Å². The van der Waals surface area contributed by atoms with Crippen LogP contribution < -0.4 is 10.5 Å². The van der Waals surface area contributed by atoms with Gasteiger partial charge in [0.15, 0.2) is 5.75 Å². The first-order valence-electron chi connectivity index (χ1n) is 4.77. The lowest BCUT2D eigenvalue weighted by Gasteiger charge is -2.05. The van der Waals surface area contributed by atoms with Crippen LogP contribution in [-0.4, -0.2) is 33.5 Å². The fraction of sp³-hybridized carbons (Fsp3) is 0.556. The normalized spacial score (nSPS) is 12.4. The molecule has 6 heteroatoms. The fourth-order valence-corrected chi connectivity index (χ4v) is 1.10. The largest absolute Gasteiger partial charge is 0.491 e. The van der Waals surface area contributed by atoms with Gasteiger partial charge >= 0.3 is 5.97 Å². The summed E-state index contributed by atoms with van der Waals surface area (Å²) >= 11 is 0. The molecular weight excluding hydrogens is 198 g/mol. The van der Waals surface area contributed by atoms with E-state index in [1.807, 2.05) is 6.92 Å². The zero-order valence-corrected chi connectivity index (χ0v) is 8.59. The van der Waals surface area contributed by atoms with Crippen molar-refractivity contribution in [2.75, 3.05) is 6.61 Å². The minimum absolute atomic E-state index is 0.350. The van der Waals surface area contributed by atoms with Crippen molar-refractivity contribution >= 4 is 5.97 Å². The van der Waals surface area contributed by atoms with E-state index in [2.05, 4.69) is 5.10 Å². The van der Waals surface area contributed by atoms with Crippen LogP contribution in [0, 0.1) is 0 Å². The van der Waals surface area contributed by atoms with E-state index in [1.165, 1.54) is 0 Å². The Hall–Kier alpha value is -1.56. The van der Waals surface area contributed by atoms with Gasteiger partial charge in [0.1, 0.15) is 6.04 Å². The number of nitrogens with two attached hydrogens (primary N) is 1. The molecule has 0 saturated carbocycles. The minimum atomic E-state index is -0.993. The molecule has 0 saturated heterocycles. The molecule has 0 aromatic carbocycles. The number of aromatic nitrogens is 2. The maximum Gasteiger partial charge on any atom is 0.320 e. The molecule has 15 heavy (non-hydrogen) atoms. The molecule has 84 valence electrons. The van der Waals surface area contributed by atoms with E-state index in [9.17, 15) is 4.79 Å². The van der Waals surface area contributed by atoms with Gasteiger partial charge in [-0.1, -0.05) is 0 Å². The number of carboxylic acids is 1. The third kappa shape index (κ3) is 3.59. The van der Waals surface area contributed by atoms with Crippen molar-refractivity contribution in [2.45, 2.75) is 25.9 Å². The maximum absolute atomic E-state index is 10.4. The van der Waals surface area contributed by atoms with Gasteiger partial charge in [0, 0.05) is 6.54 Å². The van der Waals surface area contributed by atoms with Crippen LogP contribution in [0.25, 0.3) is 0 Å². The topological polar surface area (TPSA) is 90.4 Å². The molecule has 1 aromatic rings. The molecule has 1 aromatic heterocycles. The summed E-state index contributed by atoms with van der Waals surface area (Å²) in [7, 11) is 0. The van der Waals surface area contributed by atoms with E-state index in [0.717, 1.165) is 0 Å². The van der Waals surface area contributed by atoms with Crippen molar-refractivity contribution in [1.82, 2.24) is 9.78 Å². The number of aryl methyl sites for hydroxylation is 1. The molecule has 0 aliphatic carbocycles. The van der Waals surface area contributed by atoms with E-state index in [0.29, 0.717) is 25.3 Å². The first-order chi connectivity index (χ1) is 7.13. The highest BCUT2D eigenvalue weighted by atomic mass is 16.5. The molecule has 0 aliphatic rings. The minimum Gasteiger partial charge on any atom is -0.491 e. The summed E-state index contributed by atoms with van der Waals surface area (Å²) in [5, 5.41) is 12.6. The van der Waals surface area contributed by atoms with E-state index in [4.69, 9.17) is 15.6 Å². The highest BCUT2D eigenvalue weighted by Gasteiger charge is 2.11. The Bertz CT molecular complexity index is 324. The number of ether oxygens (including phenoxy) is 1. The molecule has 3 N–H and O–H groups in total. The Labute approximate surface area is 87.6 Å². The third-order valence-corrected chi connectivity index (χ3v) is 1.91. The van der Waals surface area contributed by atoms with Crippen molar-refractivity contribution < 1.29 is 14.6 Å². The van der Waals surface area contributed by atoms with Gasteiger partial charge in [-0.2, -0.15) is 5.10 Å². The summed E-state index contributed by atoms with van der Waals surface area (Å²) in [6, 6.07) is -0.843. The summed E-state index contributed by atoms with van der Waals surface area (Å²) in [4.78, 5) is 10.4. The summed E-state index contributed by atoms with van der Waals surface area (Å²) < 4.78 is 6.83. The van der Waals surface area contributed by atoms with Gasteiger partial charge in [0.2, 0.25) is 0 Å². The lowest BCUT2D eigenvalue weighted by molar-refractivity contribution is -0.138. The molecule has 0 amide bonds. The average Bonchev–Trinajstić information content (AvgIpc) is 2.62. The summed E-state index contributed by atoms with van der Waals surface area (Å²) in [5.74, 6) is -0.311. The predicted octanol–water partition coefficient (Wildman–Crippen LogP) is 0.0838. The predicted molar refractivity (Wildman–Crippen MR) is 53.6 cm³/mol. The smallest absolute Gasteiger partial charge is 0.320 e. The second-order valence-corrected chi connectivity index (χ2v) is 3.11. The highest BCUT2D eigenvalue weighted by Crippen LogP contribution is 2.08. The quantitative estimate of drug-likeness (QED) is 0.698. The first kappa shape index (κ1) is 11.5. The van der Waals surface area contributed by atoms with Gasteiger partial charge in [0.25, 0.3) is 0 Å². The molecular formula is C9H15N3O3. The SMILES string of the molecule is CCOc1cnn(CCC(N)C(=O)O)c1. The lowest BCUT2D eigenvalue weighted by Crippen LogP contribution is -2.31. The summed E-state index contributed by atoms with van der Waals surface area (Å²) in [6.45, 7) is 2.94. The molecule has 0 fully saturated rings. The summed E-state index contributed by atoms with van der Waals surface area (Å²) in [6.07, 6.45) is 3.66. The zero-order valence-electron chi connectivity index (χ0n) is 8.59. The Kier molecular flexibility index (Phi) is 4.11. The van der Waals surface area contributed by atoms with Gasteiger partial charge in [-0.05, 0) is 13.3 Å². The Balaban J connectivity index is 2.40. The standard InChI is InChI=1S/C9H15N3O3/c1-2-15-7-5-11-12(6-7)4-3-8(10)9(13)14/h5-6,8H,2-4,10H2,1H3,(H,13,14). The number of aliphatic carboxylic acids is 1. The lowest BCUT2D eigenvalue weighted by atomic mass is 10.2. The van der Waals surface area contributed by atoms with Crippen molar-refractivity contribution in [3.8, 4) is 5.75 Å². The van der Waals surface area contributed by atoms with Crippen LogP contribution in [0.4, 0.5) is 0 Å². The van der Waals surface area contributed by atoms with Crippen LogP contribution in [-0.2, 0) is 11.3 Å². The molecule has 0 aliphatic heterocycles. The Morgan fingerprint density at radius 1 is 1.80 bits per heavy atom. The van der Waals surface area contributed by atoms with Crippen molar-refractivity contribution in [3.63, 3.8) is 0 Å². The zero-order chi connectivity index (χ0) is 11.3. The van der Waals surface area contributed by atoms with Gasteiger partial charge in [-0.25, -0.2) is 0 Å². The molecule has 1 heterocycles. The van der Waals surface area contributed by atoms with Crippen molar-refractivity contribution in [2.24, 2.45) is 5.73 Å². The van der Waals surface area contributed by atoms with Crippen molar-refractivity contribution in [1.29, 1.82) is 0 Å². The van der Waals surface area contributed by atoms with Crippen LogP contribution in [0.1, 0.15) is 13.3 Å². The number of hydrogen-bond acceptors (Lipinski definition) is 4. The number of carbonyl (C=O) groups is 1. The van der Waals surface area contributed by atoms with E-state index >= 15 is 0 Å². The molecule has 1 rings (SSSR count). The van der Waals surface area contributed by atoms with Crippen LogP contribution in [0.15, 0.2) is 12.4 Å². The highest BCUT2D eigenvalue weighted by molar-refractivity contribution is 5.72. The van der Waals surface area contributed by atoms with Crippen LogP contribution >= 0.6 is 0 Å². The van der Waals surface area contributed by atoms with E-state index in [1.54, 1.807) is 17.1 Å². The Morgan fingerprint density at radius 2 is 2.53 bits per heavy atom. The van der Waals surface area contributed by atoms with E-state index in [-0.39, 0.29) is 0 Å². The summed E-state index contributed by atoms with van der Waals surface area (Å²) in [5.41, 5.74) is 5.36. The van der Waals surface area contributed by atoms with Crippen LogP contribution in [0.3, 0.4) is 0 Å². The first-order valence-corrected chi connectivity index (χ1v) is 4.77. The third-order valence-electron chi connectivity index (χ3n) is 1.91. The van der Waals surface area contributed by atoms with Crippen molar-refractivity contribution in [3.05, 3.63) is 12.4 Å². The van der Waals surface area contributed by atoms with Gasteiger partial charge in [-0.15, -0.1) is 0 Å². The van der Waals surface area contributed by atoms with Crippen LogP contribution in [0.5, 0.6) is 5.75 Å². The second-order valence-electron chi connectivity index (χ2n) is 3.11. The molecule has 0 bridgehead atoms. The molecule has 1 unspecified atom stereocenters. The monoisotopic (exact) mass is 213 g/mol. The second kappa shape index (κ2) is 5.35.